The molecule has 0 bridgehead atoms. The van der Waals surface area contributed by atoms with Crippen LogP contribution in [0.2, 0.25) is 0 Å². The number of fused-ring (bicyclic) bond motifs is 1. The number of anilines is 1. The normalized spacial score (nSPS) is 16.1. The van der Waals surface area contributed by atoms with Gasteiger partial charge in [-0.3, -0.25) is 13.9 Å². The van der Waals surface area contributed by atoms with E-state index in [0.29, 0.717) is 30.4 Å². The molecule has 1 saturated carbocycles. The van der Waals surface area contributed by atoms with Crippen molar-refractivity contribution in [2.24, 2.45) is 0 Å². The second-order valence-electron chi connectivity index (χ2n) is 9.91. The Labute approximate surface area is 225 Å². The molecular weight excluding hydrogens is 506 g/mol. The van der Waals surface area contributed by atoms with Gasteiger partial charge in [0.2, 0.25) is 21.8 Å². The molecule has 0 saturated heterocycles. The van der Waals surface area contributed by atoms with Gasteiger partial charge < -0.3 is 19.7 Å². The van der Waals surface area contributed by atoms with E-state index in [1.165, 1.54) is 11.8 Å². The molecular formula is C28H37N3O6S. The summed E-state index contributed by atoms with van der Waals surface area (Å²) in [6.45, 7) is 5.70. The van der Waals surface area contributed by atoms with Crippen LogP contribution in [0.3, 0.4) is 0 Å². The summed E-state index contributed by atoms with van der Waals surface area (Å²) >= 11 is 0. The Balaban J connectivity index is 1.62. The molecule has 1 N–H and O–H groups in total. The number of aryl methyl sites for hydroxylation is 1. The maximum atomic E-state index is 13.8. The van der Waals surface area contributed by atoms with Crippen LogP contribution < -0.4 is 19.1 Å². The molecule has 206 valence electrons. The van der Waals surface area contributed by atoms with Gasteiger partial charge in [-0.1, -0.05) is 42.7 Å². The lowest BCUT2D eigenvalue weighted by Gasteiger charge is -2.32. The topological polar surface area (TPSA) is 105 Å². The average molecular weight is 544 g/mol. The lowest BCUT2D eigenvalue weighted by Crippen LogP contribution is -2.52. The molecule has 0 unspecified atom stereocenters. The van der Waals surface area contributed by atoms with Crippen molar-refractivity contribution in [3.63, 3.8) is 0 Å². The zero-order valence-electron chi connectivity index (χ0n) is 22.3. The molecule has 0 aromatic heterocycles. The second-order valence-corrected chi connectivity index (χ2v) is 12.1. The molecule has 38 heavy (non-hydrogen) atoms. The van der Waals surface area contributed by atoms with E-state index < -0.39 is 28.5 Å². The Morgan fingerprint density at radius 3 is 2.45 bits per heavy atom. The van der Waals surface area contributed by atoms with Crippen molar-refractivity contribution in [3.8, 4) is 11.5 Å². The van der Waals surface area contributed by atoms with Gasteiger partial charge in [0.15, 0.2) is 11.5 Å². The van der Waals surface area contributed by atoms with E-state index in [-0.39, 0.29) is 24.2 Å². The van der Waals surface area contributed by atoms with E-state index in [1.807, 2.05) is 31.2 Å². The number of carbonyl (C=O) groups is 2. The number of sulfonamides is 1. The second kappa shape index (κ2) is 12.1. The summed E-state index contributed by atoms with van der Waals surface area (Å²) in [6, 6.07) is 11.9. The molecule has 9 nitrogen and oxygen atoms in total. The zero-order chi connectivity index (χ0) is 27.3. The number of rotatable bonds is 10. The predicted octanol–water partition coefficient (Wildman–Crippen LogP) is 3.40. The molecule has 2 aromatic rings. The summed E-state index contributed by atoms with van der Waals surface area (Å²) in [5.74, 6) is 0.0659. The molecule has 0 spiro atoms. The van der Waals surface area contributed by atoms with E-state index in [4.69, 9.17) is 9.47 Å². The SMILES string of the molecule is CCS(=O)(=O)N(CC(=O)N(Cc1cccc(C)c1)[C@@H](C)C(=O)NC1CCCC1)c1ccc2c(c1)OCCO2. The van der Waals surface area contributed by atoms with Gasteiger partial charge in [-0.05, 0) is 51.3 Å². The monoisotopic (exact) mass is 543 g/mol. The molecule has 1 aliphatic carbocycles. The van der Waals surface area contributed by atoms with E-state index in [2.05, 4.69) is 5.32 Å². The summed E-state index contributed by atoms with van der Waals surface area (Å²) in [7, 11) is -3.82. The first-order valence-corrected chi connectivity index (χ1v) is 14.8. The van der Waals surface area contributed by atoms with Crippen molar-refractivity contribution in [3.05, 3.63) is 53.6 Å². The fourth-order valence-corrected chi connectivity index (χ4v) is 5.94. The molecule has 1 heterocycles. The molecule has 1 fully saturated rings. The summed E-state index contributed by atoms with van der Waals surface area (Å²) in [6.07, 6.45) is 4.00. The van der Waals surface area contributed by atoms with E-state index in [0.717, 1.165) is 41.1 Å². The van der Waals surface area contributed by atoms with Gasteiger partial charge in [0.1, 0.15) is 25.8 Å². The molecule has 0 radical (unpaired) electrons. The highest BCUT2D eigenvalue weighted by Crippen LogP contribution is 2.35. The minimum atomic E-state index is -3.82. The van der Waals surface area contributed by atoms with Crippen LogP contribution in [-0.4, -0.2) is 62.7 Å². The number of amides is 2. The third-order valence-electron chi connectivity index (χ3n) is 7.10. The third-order valence-corrected chi connectivity index (χ3v) is 8.84. The highest BCUT2D eigenvalue weighted by atomic mass is 32.2. The molecule has 10 heteroatoms. The molecule has 1 aliphatic heterocycles. The van der Waals surface area contributed by atoms with E-state index in [1.54, 1.807) is 25.1 Å². The lowest BCUT2D eigenvalue weighted by molar-refractivity contribution is -0.139. The van der Waals surface area contributed by atoms with E-state index in [9.17, 15) is 18.0 Å². The molecule has 2 amide bonds. The fourth-order valence-electron chi connectivity index (χ4n) is 4.89. The molecule has 4 rings (SSSR count). The number of carbonyl (C=O) groups excluding carboxylic acids is 2. The summed E-state index contributed by atoms with van der Waals surface area (Å²) in [4.78, 5) is 28.5. The van der Waals surface area contributed by atoms with Crippen molar-refractivity contribution in [1.82, 2.24) is 10.2 Å². The molecule has 2 aliphatic rings. The fraction of sp³-hybridized carbons (Fsp3) is 0.500. The average Bonchev–Trinajstić information content (AvgIpc) is 3.42. The van der Waals surface area contributed by atoms with Crippen LogP contribution in [0.5, 0.6) is 11.5 Å². The van der Waals surface area contributed by atoms with Gasteiger partial charge in [-0.2, -0.15) is 0 Å². The van der Waals surface area contributed by atoms with Gasteiger partial charge in [0, 0.05) is 18.7 Å². The maximum Gasteiger partial charge on any atom is 0.244 e. The number of hydrogen-bond donors (Lipinski definition) is 1. The Bertz CT molecular complexity index is 1260. The molecule has 2 aromatic carbocycles. The minimum Gasteiger partial charge on any atom is -0.486 e. The van der Waals surface area contributed by atoms with Crippen LogP contribution in [0.25, 0.3) is 0 Å². The smallest absolute Gasteiger partial charge is 0.244 e. The number of benzene rings is 2. The maximum absolute atomic E-state index is 13.8. The Hall–Kier alpha value is -3.27. The summed E-state index contributed by atoms with van der Waals surface area (Å²) < 4.78 is 38.6. The van der Waals surface area contributed by atoms with Crippen molar-refractivity contribution >= 4 is 27.5 Å². The van der Waals surface area contributed by atoms with Crippen molar-refractivity contribution < 1.29 is 27.5 Å². The van der Waals surface area contributed by atoms with Crippen LogP contribution in [0.15, 0.2) is 42.5 Å². The first-order chi connectivity index (χ1) is 18.2. The first kappa shape index (κ1) is 27.8. The Morgan fingerprint density at radius 2 is 1.76 bits per heavy atom. The summed E-state index contributed by atoms with van der Waals surface area (Å²) in [5.41, 5.74) is 2.20. The summed E-state index contributed by atoms with van der Waals surface area (Å²) in [5, 5.41) is 3.08. The standard InChI is InChI=1S/C28H37N3O6S/c1-4-38(34,35)31(24-12-13-25-26(17-24)37-15-14-36-25)19-27(32)30(18-22-9-7-8-20(2)16-22)21(3)28(33)29-23-10-5-6-11-23/h7-9,12-13,16-17,21,23H,4-6,10-11,14-15,18-19H2,1-3H3,(H,29,33)/t21-/m0/s1. The van der Waals surface area contributed by atoms with Gasteiger partial charge in [-0.15, -0.1) is 0 Å². The largest absolute Gasteiger partial charge is 0.486 e. The van der Waals surface area contributed by atoms with Crippen molar-refractivity contribution in [2.45, 2.75) is 65.1 Å². The van der Waals surface area contributed by atoms with Gasteiger partial charge in [-0.25, -0.2) is 8.42 Å². The van der Waals surface area contributed by atoms with Crippen molar-refractivity contribution in [1.29, 1.82) is 0 Å². The quantitative estimate of drug-likeness (QED) is 0.493. The lowest BCUT2D eigenvalue weighted by atomic mass is 10.1. The van der Waals surface area contributed by atoms with Crippen LogP contribution in [-0.2, 0) is 26.2 Å². The highest BCUT2D eigenvalue weighted by Gasteiger charge is 2.32. The van der Waals surface area contributed by atoms with Crippen LogP contribution in [0.1, 0.15) is 50.7 Å². The predicted molar refractivity (Wildman–Crippen MR) is 146 cm³/mol. The van der Waals surface area contributed by atoms with Crippen LogP contribution in [0, 0.1) is 6.92 Å². The van der Waals surface area contributed by atoms with Crippen LogP contribution >= 0.6 is 0 Å². The van der Waals surface area contributed by atoms with Gasteiger partial charge in [0.05, 0.1) is 11.4 Å². The Kier molecular flexibility index (Phi) is 8.81. The number of nitrogens with zero attached hydrogens (tertiary/aromatic N) is 2. The first-order valence-electron chi connectivity index (χ1n) is 13.2. The number of nitrogens with one attached hydrogen (secondary N) is 1. The van der Waals surface area contributed by atoms with Gasteiger partial charge in [0.25, 0.3) is 0 Å². The Morgan fingerprint density at radius 1 is 1.05 bits per heavy atom. The van der Waals surface area contributed by atoms with E-state index >= 15 is 0 Å². The van der Waals surface area contributed by atoms with Gasteiger partial charge >= 0.3 is 0 Å². The van der Waals surface area contributed by atoms with Crippen LogP contribution in [0.4, 0.5) is 5.69 Å². The highest BCUT2D eigenvalue weighted by molar-refractivity contribution is 7.92. The zero-order valence-corrected chi connectivity index (χ0v) is 23.1. The molecule has 1 atom stereocenters. The van der Waals surface area contributed by atoms with Crippen molar-refractivity contribution in [2.75, 3.05) is 29.8 Å². The third kappa shape index (κ3) is 6.59. The number of ether oxygens (including phenoxy) is 2. The number of hydrogen-bond acceptors (Lipinski definition) is 6. The minimum absolute atomic E-state index is 0.107.